The van der Waals surface area contributed by atoms with E-state index in [1.165, 1.54) is 5.56 Å². The molecule has 0 aromatic heterocycles. The Morgan fingerprint density at radius 1 is 0.926 bits per heavy atom. The van der Waals surface area contributed by atoms with Gasteiger partial charge in [-0.15, -0.1) is 24.0 Å². The van der Waals surface area contributed by atoms with Crippen LogP contribution in [-0.2, 0) is 17.9 Å². The van der Waals surface area contributed by atoms with E-state index in [4.69, 9.17) is 0 Å². The molecule has 0 aliphatic heterocycles. The molecule has 2 aromatic carbocycles. The molecular weight excluding hydrogens is 451 g/mol. The van der Waals surface area contributed by atoms with Crippen molar-refractivity contribution < 1.29 is 4.79 Å². The van der Waals surface area contributed by atoms with Crippen LogP contribution >= 0.6 is 24.0 Å². The van der Waals surface area contributed by atoms with Crippen molar-refractivity contribution in [2.75, 3.05) is 13.1 Å². The number of nitrogens with zero attached hydrogens (tertiary/aromatic N) is 1. The van der Waals surface area contributed by atoms with E-state index < -0.39 is 0 Å². The molecule has 0 atom stereocenters. The fourth-order valence-electron chi connectivity index (χ4n) is 2.38. The van der Waals surface area contributed by atoms with E-state index in [2.05, 4.69) is 52.1 Å². The standard InChI is InChI=1S/C21H28N4O.HI/c1-3-22-21(25-16-19-11-9-17(2)10-12-19)23-14-13-20(26)24-15-18-7-5-4-6-8-18;/h4-12H,3,13-16H2,1-2H3,(H,24,26)(H2,22,23,25);1H. The van der Waals surface area contributed by atoms with Crippen LogP contribution in [0.5, 0.6) is 0 Å². The minimum absolute atomic E-state index is 0. The number of carbonyl (C=O) groups excluding carboxylic acids is 1. The lowest BCUT2D eigenvalue weighted by Crippen LogP contribution is -2.39. The monoisotopic (exact) mass is 480 g/mol. The molecule has 0 bridgehead atoms. The second-order valence-corrected chi connectivity index (χ2v) is 6.12. The Balaban J connectivity index is 0.00000364. The molecule has 0 spiro atoms. The van der Waals surface area contributed by atoms with Gasteiger partial charge in [-0.3, -0.25) is 4.79 Å². The maximum atomic E-state index is 12.0. The molecule has 0 unspecified atom stereocenters. The first-order chi connectivity index (χ1) is 12.7. The van der Waals surface area contributed by atoms with E-state index in [1.54, 1.807) is 0 Å². The first-order valence-corrected chi connectivity index (χ1v) is 9.05. The van der Waals surface area contributed by atoms with Gasteiger partial charge in [-0.1, -0.05) is 60.2 Å². The van der Waals surface area contributed by atoms with Crippen molar-refractivity contribution in [3.63, 3.8) is 0 Å². The molecular formula is C21H29IN4O. The molecule has 146 valence electrons. The lowest BCUT2D eigenvalue weighted by atomic mass is 10.1. The van der Waals surface area contributed by atoms with E-state index in [0.717, 1.165) is 23.6 Å². The Hall–Kier alpha value is -2.09. The third kappa shape index (κ3) is 9.42. The predicted molar refractivity (Wildman–Crippen MR) is 122 cm³/mol. The number of benzene rings is 2. The van der Waals surface area contributed by atoms with Crippen LogP contribution in [0.15, 0.2) is 59.6 Å². The van der Waals surface area contributed by atoms with Gasteiger partial charge in [-0.05, 0) is 25.0 Å². The fourth-order valence-corrected chi connectivity index (χ4v) is 2.38. The highest BCUT2D eigenvalue weighted by molar-refractivity contribution is 14.0. The number of aryl methyl sites for hydroxylation is 1. The van der Waals surface area contributed by atoms with E-state index in [1.807, 2.05) is 37.3 Å². The Bertz CT molecular complexity index is 702. The predicted octanol–water partition coefficient (Wildman–Crippen LogP) is 3.37. The largest absolute Gasteiger partial charge is 0.357 e. The van der Waals surface area contributed by atoms with Gasteiger partial charge in [0.05, 0.1) is 6.54 Å². The van der Waals surface area contributed by atoms with Gasteiger partial charge in [0.15, 0.2) is 5.96 Å². The topological polar surface area (TPSA) is 65.5 Å². The molecule has 0 saturated carbocycles. The molecule has 1 amide bonds. The maximum Gasteiger partial charge on any atom is 0.222 e. The number of halogens is 1. The minimum atomic E-state index is 0. The summed E-state index contributed by atoms with van der Waals surface area (Å²) in [4.78, 5) is 16.5. The number of aliphatic imine (C=N–C) groups is 1. The molecule has 0 heterocycles. The fraction of sp³-hybridized carbons (Fsp3) is 0.333. The number of amides is 1. The molecule has 0 radical (unpaired) electrons. The van der Waals surface area contributed by atoms with E-state index in [0.29, 0.717) is 26.1 Å². The molecule has 0 saturated heterocycles. The zero-order valence-corrected chi connectivity index (χ0v) is 18.3. The average Bonchev–Trinajstić information content (AvgIpc) is 2.66. The first-order valence-electron chi connectivity index (χ1n) is 9.05. The lowest BCUT2D eigenvalue weighted by Gasteiger charge is -2.11. The number of carbonyl (C=O) groups is 1. The summed E-state index contributed by atoms with van der Waals surface area (Å²) < 4.78 is 0. The van der Waals surface area contributed by atoms with Crippen molar-refractivity contribution in [1.29, 1.82) is 0 Å². The minimum Gasteiger partial charge on any atom is -0.357 e. The normalized spacial score (nSPS) is 10.7. The van der Waals surface area contributed by atoms with Crippen LogP contribution in [-0.4, -0.2) is 25.0 Å². The van der Waals surface area contributed by atoms with Crippen LogP contribution in [0.25, 0.3) is 0 Å². The highest BCUT2D eigenvalue weighted by Crippen LogP contribution is 2.04. The van der Waals surface area contributed by atoms with Crippen LogP contribution in [0.3, 0.4) is 0 Å². The molecule has 0 aliphatic rings. The average molecular weight is 480 g/mol. The zero-order valence-electron chi connectivity index (χ0n) is 16.0. The van der Waals surface area contributed by atoms with Gasteiger partial charge in [-0.25, -0.2) is 4.99 Å². The second-order valence-electron chi connectivity index (χ2n) is 6.12. The summed E-state index contributed by atoms with van der Waals surface area (Å²) in [6.07, 6.45) is 0.405. The summed E-state index contributed by atoms with van der Waals surface area (Å²) in [5.41, 5.74) is 3.50. The molecule has 6 heteroatoms. The van der Waals surface area contributed by atoms with Crippen molar-refractivity contribution in [2.45, 2.75) is 33.4 Å². The second kappa shape index (κ2) is 13.1. The van der Waals surface area contributed by atoms with E-state index >= 15 is 0 Å². The van der Waals surface area contributed by atoms with Gasteiger partial charge in [-0.2, -0.15) is 0 Å². The van der Waals surface area contributed by atoms with E-state index in [9.17, 15) is 4.79 Å². The Morgan fingerprint density at radius 3 is 2.30 bits per heavy atom. The first kappa shape index (κ1) is 23.0. The van der Waals surface area contributed by atoms with Crippen LogP contribution in [0, 0.1) is 6.92 Å². The number of nitrogens with one attached hydrogen (secondary N) is 3. The molecule has 27 heavy (non-hydrogen) atoms. The Morgan fingerprint density at radius 2 is 1.63 bits per heavy atom. The number of hydrogen-bond donors (Lipinski definition) is 3. The quantitative estimate of drug-likeness (QED) is 0.309. The van der Waals surface area contributed by atoms with Crippen LogP contribution in [0.2, 0.25) is 0 Å². The molecule has 0 aliphatic carbocycles. The SMILES string of the molecule is CCNC(=NCc1ccc(C)cc1)NCCC(=O)NCc1ccccc1.I. The maximum absolute atomic E-state index is 12.0. The lowest BCUT2D eigenvalue weighted by molar-refractivity contribution is -0.121. The highest BCUT2D eigenvalue weighted by Gasteiger charge is 2.03. The third-order valence-electron chi connectivity index (χ3n) is 3.86. The third-order valence-corrected chi connectivity index (χ3v) is 3.86. The summed E-state index contributed by atoms with van der Waals surface area (Å²) in [6, 6.07) is 18.2. The van der Waals surface area contributed by atoms with Crippen molar-refractivity contribution in [3.8, 4) is 0 Å². The highest BCUT2D eigenvalue weighted by atomic mass is 127. The summed E-state index contributed by atoms with van der Waals surface area (Å²) in [6.45, 7) is 6.58. The summed E-state index contributed by atoms with van der Waals surface area (Å²) in [7, 11) is 0. The van der Waals surface area contributed by atoms with Crippen molar-refractivity contribution in [3.05, 3.63) is 71.3 Å². The Kier molecular flexibility index (Phi) is 11.2. The van der Waals surface area contributed by atoms with Gasteiger partial charge in [0.25, 0.3) is 0 Å². The van der Waals surface area contributed by atoms with Crippen LogP contribution in [0.1, 0.15) is 30.0 Å². The smallest absolute Gasteiger partial charge is 0.222 e. The van der Waals surface area contributed by atoms with Crippen molar-refractivity contribution >= 4 is 35.8 Å². The number of guanidine groups is 1. The van der Waals surface area contributed by atoms with Gasteiger partial charge < -0.3 is 16.0 Å². The van der Waals surface area contributed by atoms with E-state index in [-0.39, 0.29) is 29.9 Å². The molecule has 0 fully saturated rings. The number of rotatable bonds is 8. The summed E-state index contributed by atoms with van der Waals surface area (Å²) in [5.74, 6) is 0.750. The van der Waals surface area contributed by atoms with Crippen LogP contribution < -0.4 is 16.0 Å². The zero-order chi connectivity index (χ0) is 18.6. The van der Waals surface area contributed by atoms with Crippen LogP contribution in [0.4, 0.5) is 0 Å². The van der Waals surface area contributed by atoms with Gasteiger partial charge in [0.1, 0.15) is 0 Å². The summed E-state index contributed by atoms with van der Waals surface area (Å²) >= 11 is 0. The molecule has 2 rings (SSSR count). The van der Waals surface area contributed by atoms with Gasteiger partial charge in [0, 0.05) is 26.1 Å². The van der Waals surface area contributed by atoms with Gasteiger partial charge >= 0.3 is 0 Å². The number of hydrogen-bond acceptors (Lipinski definition) is 2. The molecule has 5 nitrogen and oxygen atoms in total. The molecule has 2 aromatic rings. The van der Waals surface area contributed by atoms with Crippen molar-refractivity contribution in [2.24, 2.45) is 4.99 Å². The summed E-state index contributed by atoms with van der Waals surface area (Å²) in [5, 5.41) is 9.34. The molecule has 3 N–H and O–H groups in total. The Labute approximate surface area is 179 Å². The van der Waals surface area contributed by atoms with Crippen molar-refractivity contribution in [1.82, 2.24) is 16.0 Å². The van der Waals surface area contributed by atoms with Gasteiger partial charge in [0.2, 0.25) is 5.91 Å².